The van der Waals surface area contributed by atoms with Gasteiger partial charge in [-0.2, -0.15) is 0 Å². The van der Waals surface area contributed by atoms with E-state index in [-0.39, 0.29) is 0 Å². The van der Waals surface area contributed by atoms with Crippen LogP contribution in [-0.4, -0.2) is 0 Å². The van der Waals surface area contributed by atoms with Crippen molar-refractivity contribution in [3.8, 4) is 0 Å². The first-order valence-electron chi connectivity index (χ1n) is 3.97. The minimum atomic E-state index is 0.912. The molecule has 0 aromatic carbocycles. The van der Waals surface area contributed by atoms with Gasteiger partial charge in [-0.15, -0.1) is 0 Å². The summed E-state index contributed by atoms with van der Waals surface area (Å²) in [6, 6.07) is 0. The van der Waals surface area contributed by atoms with Crippen molar-refractivity contribution >= 4 is 0 Å². The number of hydrogen-bond donors (Lipinski definition) is 0. The molecule has 1 rings (SSSR count). The normalized spacial score (nSPS) is 33.4. The van der Waals surface area contributed by atoms with Crippen LogP contribution < -0.4 is 0 Å². The molecule has 0 saturated heterocycles. The van der Waals surface area contributed by atoms with Crippen LogP contribution >= 0.6 is 0 Å². The second kappa shape index (κ2) is 2.55. The lowest BCUT2D eigenvalue weighted by atomic mass is 9.73. The highest BCUT2D eigenvalue weighted by molar-refractivity contribution is 5.19. The Morgan fingerprint density at radius 1 is 1.33 bits per heavy atom. The molecule has 0 bridgehead atoms. The van der Waals surface area contributed by atoms with Crippen LogP contribution in [0.25, 0.3) is 0 Å². The van der Waals surface area contributed by atoms with Gasteiger partial charge in [-0.05, 0) is 31.6 Å². The third-order valence-corrected chi connectivity index (χ3v) is 2.49. The molecule has 1 aliphatic carbocycles. The molecule has 2 unspecified atom stereocenters. The second-order valence-electron chi connectivity index (χ2n) is 3.00. The van der Waals surface area contributed by atoms with E-state index < -0.39 is 0 Å². The van der Waals surface area contributed by atoms with Crippen molar-refractivity contribution < 1.29 is 0 Å². The van der Waals surface area contributed by atoms with Crippen molar-refractivity contribution in [1.29, 1.82) is 0 Å². The molecular weight excluding hydrogens is 108 g/mol. The zero-order chi connectivity index (χ0) is 6.85. The summed E-state index contributed by atoms with van der Waals surface area (Å²) in [7, 11) is 0. The van der Waals surface area contributed by atoms with Gasteiger partial charge in [-0.25, -0.2) is 0 Å². The predicted molar refractivity (Wildman–Crippen MR) is 41.3 cm³/mol. The Hall–Kier alpha value is -0.260. The molecule has 52 valence electrons. The lowest BCUT2D eigenvalue weighted by Crippen LogP contribution is -2.21. The van der Waals surface area contributed by atoms with Gasteiger partial charge in [-0.3, -0.25) is 0 Å². The summed E-state index contributed by atoms with van der Waals surface area (Å²) >= 11 is 0. The maximum absolute atomic E-state index is 2.41. The first kappa shape index (κ1) is 6.85. The SMILES string of the molecule is CCC1C=C(C)C1CC. The molecule has 0 aromatic rings. The van der Waals surface area contributed by atoms with Crippen molar-refractivity contribution in [2.45, 2.75) is 33.6 Å². The minimum Gasteiger partial charge on any atom is -0.0816 e. The number of hydrogen-bond acceptors (Lipinski definition) is 0. The minimum absolute atomic E-state index is 0.912. The summed E-state index contributed by atoms with van der Waals surface area (Å²) in [5, 5.41) is 0. The van der Waals surface area contributed by atoms with Crippen molar-refractivity contribution in [3.05, 3.63) is 11.6 Å². The fraction of sp³-hybridized carbons (Fsp3) is 0.778. The van der Waals surface area contributed by atoms with Crippen molar-refractivity contribution in [2.75, 3.05) is 0 Å². The predicted octanol–water partition coefficient (Wildman–Crippen LogP) is 3.00. The third kappa shape index (κ3) is 1.03. The van der Waals surface area contributed by atoms with Crippen molar-refractivity contribution in [3.63, 3.8) is 0 Å². The summed E-state index contributed by atoms with van der Waals surface area (Å²) in [5.41, 5.74) is 1.62. The molecule has 0 heteroatoms. The Balaban J connectivity index is 2.46. The fourth-order valence-corrected chi connectivity index (χ4v) is 1.82. The van der Waals surface area contributed by atoms with Crippen LogP contribution in [-0.2, 0) is 0 Å². The van der Waals surface area contributed by atoms with Gasteiger partial charge in [0.1, 0.15) is 0 Å². The lowest BCUT2D eigenvalue weighted by Gasteiger charge is -2.33. The maximum atomic E-state index is 2.41. The Bertz CT molecular complexity index is 122. The Labute approximate surface area is 58.0 Å². The summed E-state index contributed by atoms with van der Waals surface area (Å²) in [6.45, 7) is 6.81. The lowest BCUT2D eigenvalue weighted by molar-refractivity contribution is 0.374. The van der Waals surface area contributed by atoms with E-state index in [2.05, 4.69) is 26.8 Å². The zero-order valence-corrected chi connectivity index (χ0v) is 6.65. The molecule has 9 heavy (non-hydrogen) atoms. The molecule has 0 aliphatic heterocycles. The summed E-state index contributed by atoms with van der Waals surface area (Å²) in [5.74, 6) is 1.84. The standard InChI is InChI=1S/C9H16/c1-4-8-6-7(3)9(8)5-2/h6,8-9H,4-5H2,1-3H3. The Morgan fingerprint density at radius 2 is 2.00 bits per heavy atom. The fourth-order valence-electron chi connectivity index (χ4n) is 1.82. The first-order valence-corrected chi connectivity index (χ1v) is 3.97. The molecule has 0 radical (unpaired) electrons. The largest absolute Gasteiger partial charge is 0.0816 e. The van der Waals surface area contributed by atoms with E-state index in [1.54, 1.807) is 5.57 Å². The maximum Gasteiger partial charge on any atom is -0.0146 e. The average molecular weight is 124 g/mol. The van der Waals surface area contributed by atoms with Crippen LogP contribution in [0.1, 0.15) is 33.6 Å². The van der Waals surface area contributed by atoms with Crippen LogP contribution in [0, 0.1) is 11.8 Å². The van der Waals surface area contributed by atoms with Gasteiger partial charge in [0.15, 0.2) is 0 Å². The van der Waals surface area contributed by atoms with E-state index >= 15 is 0 Å². The van der Waals surface area contributed by atoms with Gasteiger partial charge < -0.3 is 0 Å². The van der Waals surface area contributed by atoms with Crippen LogP contribution in [0.4, 0.5) is 0 Å². The number of allylic oxidation sites excluding steroid dienone is 2. The van der Waals surface area contributed by atoms with E-state index in [4.69, 9.17) is 0 Å². The van der Waals surface area contributed by atoms with Gasteiger partial charge in [0.2, 0.25) is 0 Å². The highest BCUT2D eigenvalue weighted by Crippen LogP contribution is 2.37. The van der Waals surface area contributed by atoms with E-state index in [0.29, 0.717) is 0 Å². The van der Waals surface area contributed by atoms with Gasteiger partial charge in [-0.1, -0.05) is 25.5 Å². The van der Waals surface area contributed by atoms with Gasteiger partial charge in [0.25, 0.3) is 0 Å². The average Bonchev–Trinajstić information content (AvgIpc) is 1.83. The topological polar surface area (TPSA) is 0 Å². The van der Waals surface area contributed by atoms with Crippen LogP contribution in [0.5, 0.6) is 0 Å². The van der Waals surface area contributed by atoms with Gasteiger partial charge in [0.05, 0.1) is 0 Å². The van der Waals surface area contributed by atoms with Crippen LogP contribution in [0.3, 0.4) is 0 Å². The van der Waals surface area contributed by atoms with Crippen molar-refractivity contribution in [1.82, 2.24) is 0 Å². The molecule has 0 amide bonds. The highest BCUT2D eigenvalue weighted by Gasteiger charge is 2.25. The molecule has 1 aliphatic rings. The Morgan fingerprint density at radius 3 is 2.22 bits per heavy atom. The van der Waals surface area contributed by atoms with E-state index in [1.807, 2.05) is 0 Å². The van der Waals surface area contributed by atoms with Crippen molar-refractivity contribution in [2.24, 2.45) is 11.8 Å². The number of rotatable bonds is 2. The molecule has 0 heterocycles. The smallest absolute Gasteiger partial charge is 0.0146 e. The monoisotopic (exact) mass is 124 g/mol. The van der Waals surface area contributed by atoms with E-state index in [0.717, 1.165) is 11.8 Å². The molecule has 2 atom stereocenters. The Kier molecular flexibility index (Phi) is 1.94. The van der Waals surface area contributed by atoms with E-state index in [1.165, 1.54) is 12.8 Å². The molecule has 0 N–H and O–H groups in total. The second-order valence-corrected chi connectivity index (χ2v) is 3.00. The molecule has 0 fully saturated rings. The summed E-state index contributed by atoms with van der Waals surface area (Å²) in [4.78, 5) is 0. The summed E-state index contributed by atoms with van der Waals surface area (Å²) in [6.07, 6.45) is 5.07. The zero-order valence-electron chi connectivity index (χ0n) is 6.65. The quantitative estimate of drug-likeness (QED) is 0.496. The van der Waals surface area contributed by atoms with Crippen LogP contribution in [0.15, 0.2) is 11.6 Å². The third-order valence-electron chi connectivity index (χ3n) is 2.49. The highest BCUT2D eigenvalue weighted by atomic mass is 14.3. The molecule has 0 aromatic heterocycles. The van der Waals surface area contributed by atoms with E-state index in [9.17, 15) is 0 Å². The molecule has 0 nitrogen and oxygen atoms in total. The van der Waals surface area contributed by atoms with Crippen LogP contribution in [0.2, 0.25) is 0 Å². The molecular formula is C9H16. The van der Waals surface area contributed by atoms with Gasteiger partial charge in [0, 0.05) is 0 Å². The molecule has 0 spiro atoms. The molecule has 0 saturated carbocycles. The van der Waals surface area contributed by atoms with Gasteiger partial charge >= 0.3 is 0 Å². The summed E-state index contributed by atoms with van der Waals surface area (Å²) < 4.78 is 0. The first-order chi connectivity index (χ1) is 4.29.